The van der Waals surface area contributed by atoms with Gasteiger partial charge in [-0.05, 0) is 31.5 Å². The minimum Gasteiger partial charge on any atom is -0.460 e. The molecule has 0 radical (unpaired) electrons. The second kappa shape index (κ2) is 6.36. The Hall–Kier alpha value is -0.610. The van der Waals surface area contributed by atoms with Crippen molar-refractivity contribution >= 4 is 24.4 Å². The summed E-state index contributed by atoms with van der Waals surface area (Å²) in [5.74, 6) is -0.0219. The van der Waals surface area contributed by atoms with E-state index in [2.05, 4.69) is 0 Å². The molecule has 1 aromatic rings. The van der Waals surface area contributed by atoms with E-state index in [0.29, 0.717) is 5.56 Å². The normalized spacial score (nSPS) is 11.7. The van der Waals surface area contributed by atoms with Gasteiger partial charge >= 0.3 is 7.60 Å². The van der Waals surface area contributed by atoms with Crippen LogP contribution in [0.2, 0.25) is 0 Å². The smallest absolute Gasteiger partial charge is 0.335 e. The Morgan fingerprint density at radius 1 is 1.41 bits per heavy atom. The van der Waals surface area contributed by atoms with Gasteiger partial charge in [0.2, 0.25) is 0 Å². The summed E-state index contributed by atoms with van der Waals surface area (Å²) in [6.07, 6.45) is 1.28. The van der Waals surface area contributed by atoms with E-state index in [1.54, 1.807) is 13.8 Å². The van der Waals surface area contributed by atoms with Crippen molar-refractivity contribution in [2.75, 3.05) is 13.2 Å². The molecule has 0 aliphatic rings. The second-order valence-corrected chi connectivity index (χ2v) is 5.55. The maximum atomic E-state index is 12.2. The molecule has 0 saturated heterocycles. The first kappa shape index (κ1) is 14.5. The number of carbonyl (C=O) groups is 1. The summed E-state index contributed by atoms with van der Waals surface area (Å²) in [7, 11) is -3.25. The molecule has 0 amide bonds. The zero-order valence-corrected chi connectivity index (χ0v) is 11.3. The highest BCUT2D eigenvalue weighted by Gasteiger charge is 2.27. The van der Waals surface area contributed by atoms with Crippen LogP contribution in [0.25, 0.3) is 0 Å². The van der Waals surface area contributed by atoms with Gasteiger partial charge in [-0.1, -0.05) is 0 Å². The Kier molecular flexibility index (Phi) is 5.40. The summed E-state index contributed by atoms with van der Waals surface area (Å²) in [5, 5.41) is -0.732. The van der Waals surface area contributed by atoms with Gasteiger partial charge < -0.3 is 13.5 Å². The Morgan fingerprint density at radius 2 is 2.00 bits per heavy atom. The van der Waals surface area contributed by atoms with Crippen molar-refractivity contribution in [1.29, 1.82) is 0 Å². The third-order valence-electron chi connectivity index (χ3n) is 1.94. The molecule has 1 rings (SSSR count). The molecule has 0 spiro atoms. The molecular weight excluding hydrogens is 267 g/mol. The molecule has 5 nitrogen and oxygen atoms in total. The fourth-order valence-electron chi connectivity index (χ4n) is 1.36. The van der Waals surface area contributed by atoms with Crippen molar-refractivity contribution in [1.82, 2.24) is 0 Å². The summed E-state index contributed by atoms with van der Waals surface area (Å²) in [4.78, 5) is 11.0. The fraction of sp³-hybridized carbons (Fsp3) is 0.500. The van der Waals surface area contributed by atoms with Crippen molar-refractivity contribution in [3.05, 3.63) is 23.7 Å². The van der Waals surface area contributed by atoms with E-state index in [1.807, 2.05) is 0 Å². The first-order valence-corrected chi connectivity index (χ1v) is 7.27. The van der Waals surface area contributed by atoms with Crippen LogP contribution < -0.4 is 0 Å². The summed E-state index contributed by atoms with van der Waals surface area (Å²) in [5.41, 5.74) is 0.426. The van der Waals surface area contributed by atoms with Gasteiger partial charge in [0.1, 0.15) is 0 Å². The summed E-state index contributed by atoms with van der Waals surface area (Å²) < 4.78 is 27.4. The van der Waals surface area contributed by atoms with Crippen LogP contribution in [0.15, 0.2) is 16.7 Å². The van der Waals surface area contributed by atoms with Crippen molar-refractivity contribution in [2.24, 2.45) is 0 Å². The molecule has 7 heteroatoms. The molecule has 0 aromatic carbocycles. The average molecular weight is 281 g/mol. The largest absolute Gasteiger partial charge is 0.460 e. The van der Waals surface area contributed by atoms with Crippen LogP contribution in [0.3, 0.4) is 0 Å². The highest BCUT2D eigenvalue weighted by Crippen LogP contribution is 2.51. The van der Waals surface area contributed by atoms with Crippen molar-refractivity contribution in [3.63, 3.8) is 0 Å². The highest BCUT2D eigenvalue weighted by molar-refractivity contribution is 7.53. The van der Waals surface area contributed by atoms with Gasteiger partial charge in [-0.2, -0.15) is 0 Å². The summed E-state index contributed by atoms with van der Waals surface area (Å²) >= 11 is 5.33. The Labute approximate surface area is 105 Å². The summed E-state index contributed by atoms with van der Waals surface area (Å²) in [6.45, 7) is 3.96. The van der Waals surface area contributed by atoms with Gasteiger partial charge in [0.15, 0.2) is 5.76 Å². The van der Waals surface area contributed by atoms with E-state index in [4.69, 9.17) is 25.1 Å². The minimum atomic E-state index is -3.25. The third kappa shape index (κ3) is 3.96. The molecule has 1 heterocycles. The predicted molar refractivity (Wildman–Crippen MR) is 63.5 cm³/mol. The van der Waals surface area contributed by atoms with Crippen molar-refractivity contribution < 1.29 is 22.8 Å². The molecule has 0 aliphatic heterocycles. The van der Waals surface area contributed by atoms with Gasteiger partial charge in [-0.3, -0.25) is 9.36 Å². The van der Waals surface area contributed by atoms with E-state index in [9.17, 15) is 9.36 Å². The van der Waals surface area contributed by atoms with Crippen LogP contribution in [0, 0.1) is 0 Å². The monoisotopic (exact) mass is 280 g/mol. The standard InChI is InChI=1S/C10H14ClO5P/c1-3-15-17(13,16-4-2)7-8-5-6-14-9(8)10(11)12/h5-6H,3-4,7H2,1-2H3. The molecule has 17 heavy (non-hydrogen) atoms. The first-order chi connectivity index (χ1) is 8.02. The lowest BCUT2D eigenvalue weighted by Crippen LogP contribution is -2.01. The van der Waals surface area contributed by atoms with Crippen LogP contribution in [0.5, 0.6) is 0 Å². The molecule has 0 saturated carbocycles. The molecule has 96 valence electrons. The van der Waals surface area contributed by atoms with Crippen LogP contribution in [0.1, 0.15) is 30.0 Å². The van der Waals surface area contributed by atoms with E-state index in [-0.39, 0.29) is 25.1 Å². The minimum absolute atomic E-state index is 0.0219. The average Bonchev–Trinajstić information content (AvgIpc) is 2.66. The van der Waals surface area contributed by atoms with Crippen molar-refractivity contribution in [2.45, 2.75) is 20.0 Å². The molecule has 0 atom stereocenters. The number of furan rings is 1. The molecule has 0 unspecified atom stereocenters. The van der Waals surface area contributed by atoms with E-state index >= 15 is 0 Å². The van der Waals surface area contributed by atoms with Gasteiger partial charge in [0.05, 0.1) is 25.6 Å². The van der Waals surface area contributed by atoms with E-state index in [1.165, 1.54) is 12.3 Å². The number of hydrogen-bond acceptors (Lipinski definition) is 5. The zero-order chi connectivity index (χ0) is 12.9. The molecule has 0 fully saturated rings. The highest BCUT2D eigenvalue weighted by atomic mass is 35.5. The third-order valence-corrected chi connectivity index (χ3v) is 4.14. The maximum absolute atomic E-state index is 12.2. The maximum Gasteiger partial charge on any atom is 0.335 e. The van der Waals surface area contributed by atoms with Crippen LogP contribution in [-0.4, -0.2) is 18.5 Å². The predicted octanol–water partition coefficient (Wildman–Crippen LogP) is 3.42. The molecule has 0 bridgehead atoms. The molecule has 0 N–H and O–H groups in total. The van der Waals surface area contributed by atoms with E-state index in [0.717, 1.165) is 0 Å². The topological polar surface area (TPSA) is 65.7 Å². The number of carbonyl (C=O) groups excluding carboxylic acids is 1. The molecule has 0 aliphatic carbocycles. The lowest BCUT2D eigenvalue weighted by Gasteiger charge is -2.16. The van der Waals surface area contributed by atoms with Crippen molar-refractivity contribution in [3.8, 4) is 0 Å². The van der Waals surface area contributed by atoms with Gasteiger partial charge in [0.25, 0.3) is 5.24 Å². The Bertz CT molecular complexity index is 418. The van der Waals surface area contributed by atoms with E-state index < -0.39 is 12.8 Å². The Balaban J connectivity index is 2.89. The quantitative estimate of drug-likeness (QED) is 0.565. The second-order valence-electron chi connectivity index (χ2n) is 3.15. The summed E-state index contributed by atoms with van der Waals surface area (Å²) in [6, 6.07) is 1.53. The molecule has 1 aromatic heterocycles. The SMILES string of the molecule is CCOP(=O)(Cc1ccoc1C(=O)Cl)OCC. The van der Waals surface area contributed by atoms with Gasteiger partial charge in [-0.15, -0.1) is 0 Å². The number of halogens is 1. The number of rotatable bonds is 7. The fourth-order valence-corrected chi connectivity index (χ4v) is 3.24. The Morgan fingerprint density at radius 3 is 2.47 bits per heavy atom. The molecular formula is C10H14ClO5P. The van der Waals surface area contributed by atoms with Crippen LogP contribution in [-0.2, 0) is 19.8 Å². The number of hydrogen-bond donors (Lipinski definition) is 0. The lowest BCUT2D eigenvalue weighted by molar-refractivity contribution is 0.105. The van der Waals surface area contributed by atoms with Gasteiger partial charge in [0, 0.05) is 5.56 Å². The van der Waals surface area contributed by atoms with Crippen LogP contribution in [0.4, 0.5) is 0 Å². The first-order valence-electron chi connectivity index (χ1n) is 5.16. The van der Waals surface area contributed by atoms with Gasteiger partial charge in [-0.25, -0.2) is 0 Å². The van der Waals surface area contributed by atoms with Crippen LogP contribution >= 0.6 is 19.2 Å². The zero-order valence-electron chi connectivity index (χ0n) is 9.64. The lowest BCUT2D eigenvalue weighted by atomic mass is 10.3.